The Morgan fingerprint density at radius 2 is 0.969 bits per heavy atom. The topological polar surface area (TPSA) is 52.6 Å². The molecule has 0 atom stereocenters. The maximum absolute atomic E-state index is 13.2. The fraction of sp³-hybridized carbons (Fsp3) is 0.714. The SMILES string of the molecule is CCCCCC(CC)(CC)OC(=O)c1ccccc1C(=O)OC(CC)(CC)CCCCC. The molecular weight excluding hydrogens is 400 g/mol. The lowest BCUT2D eigenvalue weighted by molar-refractivity contribution is -0.0326. The highest BCUT2D eigenvalue weighted by Crippen LogP contribution is 2.31. The molecule has 0 aliphatic heterocycles. The molecule has 32 heavy (non-hydrogen) atoms. The van der Waals surface area contributed by atoms with E-state index in [2.05, 4.69) is 41.5 Å². The molecule has 1 rings (SSSR count). The Balaban J connectivity index is 3.09. The highest BCUT2D eigenvalue weighted by molar-refractivity contribution is 6.03. The summed E-state index contributed by atoms with van der Waals surface area (Å²) in [6.07, 6.45) is 11.3. The van der Waals surface area contributed by atoms with Crippen LogP contribution in [0.15, 0.2) is 24.3 Å². The Bertz CT molecular complexity index is 627. The van der Waals surface area contributed by atoms with Gasteiger partial charge in [-0.15, -0.1) is 0 Å². The van der Waals surface area contributed by atoms with Crippen molar-refractivity contribution in [3.63, 3.8) is 0 Å². The van der Waals surface area contributed by atoms with Gasteiger partial charge in [0.1, 0.15) is 11.2 Å². The second-order valence-corrected chi connectivity index (χ2v) is 9.02. The molecule has 0 aliphatic rings. The van der Waals surface area contributed by atoms with Gasteiger partial charge in [0.25, 0.3) is 0 Å². The lowest BCUT2D eigenvalue weighted by atomic mass is 9.90. The number of benzene rings is 1. The molecule has 0 heterocycles. The molecule has 1 aromatic rings. The van der Waals surface area contributed by atoms with Gasteiger partial charge in [0.05, 0.1) is 11.1 Å². The van der Waals surface area contributed by atoms with Gasteiger partial charge in [-0.1, -0.05) is 79.4 Å². The fourth-order valence-electron chi connectivity index (χ4n) is 4.33. The maximum atomic E-state index is 13.2. The summed E-state index contributed by atoms with van der Waals surface area (Å²) in [5.74, 6) is -0.857. The van der Waals surface area contributed by atoms with E-state index in [0.717, 1.165) is 77.0 Å². The zero-order valence-electron chi connectivity index (χ0n) is 21.4. The van der Waals surface area contributed by atoms with Crippen LogP contribution in [0.3, 0.4) is 0 Å². The Kier molecular flexibility index (Phi) is 12.6. The summed E-state index contributed by atoms with van der Waals surface area (Å²) < 4.78 is 12.2. The molecule has 0 aliphatic carbocycles. The van der Waals surface area contributed by atoms with Crippen LogP contribution < -0.4 is 0 Å². The number of hydrogen-bond acceptors (Lipinski definition) is 4. The van der Waals surface area contributed by atoms with Gasteiger partial charge in [0.15, 0.2) is 0 Å². The summed E-state index contributed by atoms with van der Waals surface area (Å²) >= 11 is 0. The molecule has 1 aromatic carbocycles. The Morgan fingerprint density at radius 3 is 1.25 bits per heavy atom. The average molecular weight is 447 g/mol. The first-order valence-electron chi connectivity index (χ1n) is 12.9. The number of rotatable bonds is 16. The smallest absolute Gasteiger partial charge is 0.339 e. The zero-order chi connectivity index (χ0) is 24.0. The van der Waals surface area contributed by atoms with Gasteiger partial charge in [-0.3, -0.25) is 0 Å². The predicted molar refractivity (Wildman–Crippen MR) is 132 cm³/mol. The van der Waals surface area contributed by atoms with Crippen LogP contribution >= 0.6 is 0 Å². The van der Waals surface area contributed by atoms with E-state index in [1.54, 1.807) is 24.3 Å². The Labute approximate surface area is 196 Å². The van der Waals surface area contributed by atoms with Gasteiger partial charge in [-0.25, -0.2) is 9.59 Å². The predicted octanol–water partition coefficient (Wildman–Crippen LogP) is 8.28. The van der Waals surface area contributed by atoms with E-state index in [4.69, 9.17) is 9.47 Å². The van der Waals surface area contributed by atoms with Gasteiger partial charge in [0, 0.05) is 0 Å². The molecule has 4 nitrogen and oxygen atoms in total. The quantitative estimate of drug-likeness (QED) is 0.189. The van der Waals surface area contributed by atoms with Gasteiger partial charge in [0.2, 0.25) is 0 Å². The minimum absolute atomic E-state index is 0.300. The molecule has 4 heteroatoms. The number of unbranched alkanes of at least 4 members (excludes halogenated alkanes) is 4. The number of carbonyl (C=O) groups excluding carboxylic acids is 2. The monoisotopic (exact) mass is 446 g/mol. The molecule has 0 bridgehead atoms. The lowest BCUT2D eigenvalue weighted by Gasteiger charge is -2.33. The zero-order valence-corrected chi connectivity index (χ0v) is 21.4. The van der Waals surface area contributed by atoms with Crippen LogP contribution in [0.1, 0.15) is 139 Å². The van der Waals surface area contributed by atoms with Crippen LogP contribution in [0, 0.1) is 0 Å². The summed E-state index contributed by atoms with van der Waals surface area (Å²) in [7, 11) is 0. The maximum Gasteiger partial charge on any atom is 0.339 e. The molecule has 182 valence electrons. The number of esters is 2. The molecule has 0 saturated heterocycles. The summed E-state index contributed by atoms with van der Waals surface area (Å²) in [5, 5.41) is 0. The van der Waals surface area contributed by atoms with Crippen LogP contribution in [0.2, 0.25) is 0 Å². The molecule has 0 unspecified atom stereocenters. The number of carbonyl (C=O) groups is 2. The van der Waals surface area contributed by atoms with Gasteiger partial charge >= 0.3 is 11.9 Å². The van der Waals surface area contributed by atoms with Crippen molar-refractivity contribution in [3.05, 3.63) is 35.4 Å². The van der Waals surface area contributed by atoms with Crippen LogP contribution in [0.5, 0.6) is 0 Å². The summed E-state index contributed by atoms with van der Waals surface area (Å²) in [4.78, 5) is 26.4. The van der Waals surface area contributed by atoms with E-state index in [9.17, 15) is 9.59 Å². The van der Waals surface area contributed by atoms with Crippen molar-refractivity contribution in [2.24, 2.45) is 0 Å². The van der Waals surface area contributed by atoms with Crippen molar-refractivity contribution < 1.29 is 19.1 Å². The third-order valence-electron chi connectivity index (χ3n) is 7.03. The third kappa shape index (κ3) is 7.94. The number of ether oxygens (including phenoxy) is 2. The minimum atomic E-state index is -0.486. The molecule has 0 saturated carbocycles. The Morgan fingerprint density at radius 1 is 0.625 bits per heavy atom. The van der Waals surface area contributed by atoms with Gasteiger partial charge in [-0.2, -0.15) is 0 Å². The van der Waals surface area contributed by atoms with Crippen molar-refractivity contribution >= 4 is 11.9 Å². The van der Waals surface area contributed by atoms with E-state index in [1.165, 1.54) is 0 Å². The van der Waals surface area contributed by atoms with E-state index >= 15 is 0 Å². The van der Waals surface area contributed by atoms with Crippen molar-refractivity contribution in [2.45, 2.75) is 130 Å². The van der Waals surface area contributed by atoms with Crippen molar-refractivity contribution in [2.75, 3.05) is 0 Å². The average Bonchev–Trinajstić information content (AvgIpc) is 2.82. The third-order valence-corrected chi connectivity index (χ3v) is 7.03. The van der Waals surface area contributed by atoms with Crippen LogP contribution in [0.4, 0.5) is 0 Å². The van der Waals surface area contributed by atoms with Gasteiger partial charge in [-0.05, 0) is 63.5 Å². The fourth-order valence-corrected chi connectivity index (χ4v) is 4.33. The molecule has 0 spiro atoms. The lowest BCUT2D eigenvalue weighted by Crippen LogP contribution is -2.36. The molecule has 0 N–H and O–H groups in total. The summed E-state index contributed by atoms with van der Waals surface area (Å²) in [6.45, 7) is 12.6. The first kappa shape index (κ1) is 28.2. The highest BCUT2D eigenvalue weighted by atomic mass is 16.6. The second kappa shape index (κ2) is 14.3. The van der Waals surface area contributed by atoms with Crippen LogP contribution in [-0.4, -0.2) is 23.1 Å². The summed E-state index contributed by atoms with van der Waals surface area (Å²) in [5.41, 5.74) is -0.372. The molecule has 0 radical (unpaired) electrons. The largest absolute Gasteiger partial charge is 0.455 e. The molecule has 0 amide bonds. The first-order chi connectivity index (χ1) is 15.4. The van der Waals surface area contributed by atoms with Crippen LogP contribution in [0.25, 0.3) is 0 Å². The van der Waals surface area contributed by atoms with E-state index in [0.29, 0.717) is 11.1 Å². The Hall–Kier alpha value is -1.84. The second-order valence-electron chi connectivity index (χ2n) is 9.02. The standard InChI is InChI=1S/C28H46O4/c1-7-13-17-21-27(9-3,10-4)31-25(29)23-19-15-16-20-24(23)26(30)32-28(11-5,12-6)22-18-14-8-2/h15-16,19-20H,7-14,17-18,21-22H2,1-6H3. The highest BCUT2D eigenvalue weighted by Gasteiger charge is 2.34. The molecule has 0 fully saturated rings. The van der Waals surface area contributed by atoms with Crippen LogP contribution in [-0.2, 0) is 9.47 Å². The van der Waals surface area contributed by atoms with E-state index in [1.807, 2.05) is 0 Å². The number of hydrogen-bond donors (Lipinski definition) is 0. The van der Waals surface area contributed by atoms with Crippen molar-refractivity contribution in [3.8, 4) is 0 Å². The van der Waals surface area contributed by atoms with Gasteiger partial charge < -0.3 is 9.47 Å². The molecule has 0 aromatic heterocycles. The first-order valence-corrected chi connectivity index (χ1v) is 12.9. The van der Waals surface area contributed by atoms with Crippen molar-refractivity contribution in [1.82, 2.24) is 0 Å². The summed E-state index contributed by atoms with van der Waals surface area (Å²) in [6, 6.07) is 6.91. The van der Waals surface area contributed by atoms with E-state index in [-0.39, 0.29) is 0 Å². The minimum Gasteiger partial charge on any atom is -0.455 e. The normalized spacial score (nSPS) is 11.9. The molecular formula is C28H46O4. The van der Waals surface area contributed by atoms with Crippen molar-refractivity contribution in [1.29, 1.82) is 0 Å². The van der Waals surface area contributed by atoms with E-state index < -0.39 is 23.1 Å².